The normalized spacial score (nSPS) is 13.8. The molecule has 5 heteroatoms. The highest BCUT2D eigenvalue weighted by Crippen LogP contribution is 2.31. The van der Waals surface area contributed by atoms with Crippen LogP contribution >= 0.6 is 0 Å². The molecule has 0 unspecified atom stereocenters. The number of rotatable bonds is 3. The van der Waals surface area contributed by atoms with Crippen LogP contribution in [0.2, 0.25) is 0 Å². The number of amides is 1. The van der Waals surface area contributed by atoms with E-state index in [0.717, 1.165) is 46.3 Å². The molecule has 0 saturated heterocycles. The van der Waals surface area contributed by atoms with Crippen molar-refractivity contribution in [2.75, 3.05) is 5.32 Å². The Kier molecular flexibility index (Phi) is 3.87. The van der Waals surface area contributed by atoms with E-state index in [-0.39, 0.29) is 17.4 Å². The molecule has 0 atom stereocenters. The number of hydrogen-bond donors (Lipinski definition) is 1. The van der Waals surface area contributed by atoms with Crippen molar-refractivity contribution in [1.29, 1.82) is 0 Å². The number of carbonyl (C=O) groups excluding carboxylic acids is 1. The number of nitrogens with one attached hydrogen (secondary N) is 1. The van der Waals surface area contributed by atoms with Crippen LogP contribution in [-0.4, -0.2) is 15.5 Å². The summed E-state index contributed by atoms with van der Waals surface area (Å²) in [6, 6.07) is 9.52. The minimum atomic E-state index is -0.0585. The van der Waals surface area contributed by atoms with E-state index in [0.29, 0.717) is 5.56 Å². The van der Waals surface area contributed by atoms with Gasteiger partial charge in [-0.05, 0) is 62.1 Å². The molecule has 1 saturated carbocycles. The fourth-order valence-corrected chi connectivity index (χ4v) is 3.24. The summed E-state index contributed by atoms with van der Waals surface area (Å²) in [5.41, 5.74) is 4.85. The third kappa shape index (κ3) is 2.90. The van der Waals surface area contributed by atoms with Crippen LogP contribution in [0.1, 0.15) is 24.1 Å². The predicted octanol–water partition coefficient (Wildman–Crippen LogP) is 3.57. The van der Waals surface area contributed by atoms with Gasteiger partial charge in [0.25, 0.3) is 5.56 Å². The summed E-state index contributed by atoms with van der Waals surface area (Å²) in [7, 11) is 1.78. The van der Waals surface area contributed by atoms with Gasteiger partial charge in [0.05, 0.1) is 5.52 Å². The summed E-state index contributed by atoms with van der Waals surface area (Å²) in [6.07, 6.45) is 3.71. The Morgan fingerprint density at radius 1 is 1.15 bits per heavy atom. The van der Waals surface area contributed by atoms with Gasteiger partial charge in [-0.25, -0.2) is 0 Å². The maximum atomic E-state index is 13.0. The fourth-order valence-electron chi connectivity index (χ4n) is 3.24. The number of carbonyl (C=O) groups is 1. The molecule has 2 heterocycles. The summed E-state index contributed by atoms with van der Waals surface area (Å²) in [5, 5.41) is 3.88. The van der Waals surface area contributed by atoms with Gasteiger partial charge in [-0.15, -0.1) is 0 Å². The zero-order valence-electron chi connectivity index (χ0n) is 15.2. The van der Waals surface area contributed by atoms with E-state index >= 15 is 0 Å². The average Bonchev–Trinajstić information content (AvgIpc) is 3.45. The SMILES string of the molecule is Cc1cc2c(cn1)cc(-c1cc(NC(=O)C3CC3)ccc1C)c(=O)n2C. The van der Waals surface area contributed by atoms with Gasteiger partial charge in [-0.2, -0.15) is 0 Å². The summed E-state index contributed by atoms with van der Waals surface area (Å²) < 4.78 is 1.66. The monoisotopic (exact) mass is 347 g/mol. The first-order chi connectivity index (χ1) is 12.4. The summed E-state index contributed by atoms with van der Waals surface area (Å²) in [4.78, 5) is 29.3. The molecular weight excluding hydrogens is 326 g/mol. The molecule has 1 N–H and O–H groups in total. The molecule has 1 aromatic carbocycles. The smallest absolute Gasteiger partial charge is 0.258 e. The second-order valence-corrected chi connectivity index (χ2v) is 7.10. The van der Waals surface area contributed by atoms with Crippen LogP contribution in [-0.2, 0) is 11.8 Å². The molecule has 1 fully saturated rings. The number of benzene rings is 1. The number of aryl methyl sites for hydroxylation is 3. The van der Waals surface area contributed by atoms with Crippen molar-refractivity contribution in [3.63, 3.8) is 0 Å². The van der Waals surface area contributed by atoms with Gasteiger partial charge in [-0.1, -0.05) is 6.07 Å². The van der Waals surface area contributed by atoms with Crippen molar-refractivity contribution in [2.45, 2.75) is 26.7 Å². The minimum Gasteiger partial charge on any atom is -0.326 e. The average molecular weight is 347 g/mol. The van der Waals surface area contributed by atoms with Crippen LogP contribution in [0.3, 0.4) is 0 Å². The van der Waals surface area contributed by atoms with Crippen LogP contribution in [0, 0.1) is 19.8 Å². The second-order valence-electron chi connectivity index (χ2n) is 7.10. The van der Waals surface area contributed by atoms with Crippen LogP contribution in [0.25, 0.3) is 22.0 Å². The number of hydrogen-bond acceptors (Lipinski definition) is 3. The number of nitrogens with zero attached hydrogens (tertiary/aromatic N) is 2. The maximum absolute atomic E-state index is 13.0. The van der Waals surface area contributed by atoms with E-state index in [9.17, 15) is 9.59 Å². The number of anilines is 1. The van der Waals surface area contributed by atoms with Crippen molar-refractivity contribution in [1.82, 2.24) is 9.55 Å². The van der Waals surface area contributed by atoms with Gasteiger partial charge in [-0.3, -0.25) is 14.6 Å². The fraction of sp³-hybridized carbons (Fsp3) is 0.286. The zero-order valence-corrected chi connectivity index (χ0v) is 15.2. The van der Waals surface area contributed by atoms with Gasteiger partial charge in [0.15, 0.2) is 0 Å². The van der Waals surface area contributed by atoms with E-state index in [1.165, 1.54) is 0 Å². The first kappa shape index (κ1) is 16.5. The van der Waals surface area contributed by atoms with Crippen molar-refractivity contribution in [3.8, 4) is 11.1 Å². The van der Waals surface area contributed by atoms with E-state index in [1.807, 2.05) is 44.2 Å². The van der Waals surface area contributed by atoms with E-state index < -0.39 is 0 Å². The number of aromatic nitrogens is 2. The summed E-state index contributed by atoms with van der Waals surface area (Å²) >= 11 is 0. The largest absolute Gasteiger partial charge is 0.326 e. The predicted molar refractivity (Wildman–Crippen MR) is 103 cm³/mol. The van der Waals surface area contributed by atoms with Crippen molar-refractivity contribution < 1.29 is 4.79 Å². The van der Waals surface area contributed by atoms with Crippen molar-refractivity contribution in [2.24, 2.45) is 13.0 Å². The van der Waals surface area contributed by atoms with Gasteiger partial charge >= 0.3 is 0 Å². The lowest BCUT2D eigenvalue weighted by molar-refractivity contribution is -0.117. The Morgan fingerprint density at radius 3 is 2.65 bits per heavy atom. The Morgan fingerprint density at radius 2 is 1.92 bits per heavy atom. The highest BCUT2D eigenvalue weighted by molar-refractivity contribution is 5.95. The minimum absolute atomic E-state index is 0.0585. The Labute approximate surface area is 151 Å². The number of pyridine rings is 2. The Hall–Kier alpha value is -2.95. The Balaban J connectivity index is 1.84. The van der Waals surface area contributed by atoms with Gasteiger partial charge < -0.3 is 9.88 Å². The first-order valence-electron chi connectivity index (χ1n) is 8.82. The lowest BCUT2D eigenvalue weighted by atomic mass is 9.99. The third-order valence-electron chi connectivity index (χ3n) is 4.99. The maximum Gasteiger partial charge on any atom is 0.258 e. The van der Waals surface area contributed by atoms with Crippen LogP contribution < -0.4 is 10.9 Å². The van der Waals surface area contributed by atoms with Crippen molar-refractivity contribution >= 4 is 22.5 Å². The molecule has 2 aromatic heterocycles. The molecule has 3 aromatic rings. The summed E-state index contributed by atoms with van der Waals surface area (Å²) in [6.45, 7) is 3.88. The highest BCUT2D eigenvalue weighted by Gasteiger charge is 2.29. The van der Waals surface area contributed by atoms with Gasteiger partial charge in [0.2, 0.25) is 5.91 Å². The molecule has 1 aliphatic rings. The summed E-state index contributed by atoms with van der Waals surface area (Å²) in [5.74, 6) is 0.202. The standard InChI is InChI=1S/C21H21N3O2/c1-12-4-7-16(23-20(25)14-5-6-14)10-17(12)18-9-15-11-22-13(2)8-19(15)24(3)21(18)26/h4,7-11,14H,5-6H2,1-3H3,(H,23,25). The van der Waals surface area contributed by atoms with Gasteiger partial charge in [0, 0.05) is 41.5 Å². The molecule has 26 heavy (non-hydrogen) atoms. The van der Waals surface area contributed by atoms with E-state index in [2.05, 4.69) is 10.3 Å². The molecular formula is C21H21N3O2. The Bertz CT molecular complexity index is 1090. The van der Waals surface area contributed by atoms with Gasteiger partial charge in [0.1, 0.15) is 0 Å². The lowest BCUT2D eigenvalue weighted by Crippen LogP contribution is -2.19. The molecule has 1 amide bonds. The highest BCUT2D eigenvalue weighted by atomic mass is 16.2. The third-order valence-corrected chi connectivity index (χ3v) is 4.99. The first-order valence-corrected chi connectivity index (χ1v) is 8.82. The molecule has 132 valence electrons. The topological polar surface area (TPSA) is 64.0 Å². The molecule has 4 rings (SSSR count). The molecule has 5 nitrogen and oxygen atoms in total. The molecule has 0 bridgehead atoms. The quantitative estimate of drug-likeness (QED) is 0.788. The molecule has 0 aliphatic heterocycles. The second kappa shape index (κ2) is 6.09. The van der Waals surface area contributed by atoms with Crippen LogP contribution in [0.4, 0.5) is 5.69 Å². The lowest BCUT2D eigenvalue weighted by Gasteiger charge is -2.13. The molecule has 1 aliphatic carbocycles. The van der Waals surface area contributed by atoms with Crippen LogP contribution in [0.5, 0.6) is 0 Å². The van der Waals surface area contributed by atoms with E-state index in [4.69, 9.17) is 0 Å². The zero-order chi connectivity index (χ0) is 18.4. The molecule has 0 radical (unpaired) electrons. The van der Waals surface area contributed by atoms with Crippen LogP contribution in [0.15, 0.2) is 41.3 Å². The molecule has 0 spiro atoms. The van der Waals surface area contributed by atoms with E-state index in [1.54, 1.807) is 17.8 Å². The van der Waals surface area contributed by atoms with Crippen molar-refractivity contribution in [3.05, 3.63) is 58.1 Å². The number of fused-ring (bicyclic) bond motifs is 1.